The Morgan fingerprint density at radius 2 is 2.11 bits per heavy atom. The number of rotatable bonds is 6. The number of hydrogen-bond acceptors (Lipinski definition) is 3. The minimum Gasteiger partial charge on any atom is -0.478 e. The number of benzene rings is 1. The lowest BCUT2D eigenvalue weighted by Gasteiger charge is -2.02. The molecule has 1 aromatic carbocycles. The number of imidazole rings is 1. The molecule has 0 atom stereocenters. The Kier molecular flexibility index (Phi) is 4.15. The lowest BCUT2D eigenvalue weighted by Crippen LogP contribution is -2.17. The quantitative estimate of drug-likeness (QED) is 0.453. The van der Waals surface area contributed by atoms with E-state index in [4.69, 9.17) is 5.11 Å². The molecule has 0 aliphatic carbocycles. The molecule has 0 radical (unpaired) electrons. The summed E-state index contributed by atoms with van der Waals surface area (Å²) in [6, 6.07) is 5.76. The van der Waals surface area contributed by atoms with Gasteiger partial charge in [0.2, 0.25) is 0 Å². The minimum absolute atomic E-state index is 0.205. The molecule has 0 bridgehead atoms. The molecule has 0 aliphatic heterocycles. The highest BCUT2D eigenvalue weighted by Crippen LogP contribution is 2.10. The summed E-state index contributed by atoms with van der Waals surface area (Å²) in [6.45, 7) is 1.26. The molecule has 0 amide bonds. The predicted molar refractivity (Wildman–Crippen MR) is 72.3 cm³/mol. The Bertz CT molecular complexity index is 654. The normalized spacial score (nSPS) is 11.4. The van der Waals surface area contributed by atoms with Crippen LogP contribution in [0.5, 0.6) is 0 Å². The molecular formula is C13H15N3O3. The van der Waals surface area contributed by atoms with Crippen molar-refractivity contribution in [3.8, 4) is 0 Å². The fourth-order valence-corrected chi connectivity index (χ4v) is 1.81. The standard InChI is InChI=1S/C13H15N3O3/c17-12(18)2-1-6-14-7-5-9-3-4-10-11(8-9)16-13(19)15-10/h1-4,8,14H,5-7H2,(H,17,18)(H2,15,16,19)/b2-1+. The summed E-state index contributed by atoms with van der Waals surface area (Å²) in [6.07, 6.45) is 3.49. The topological polar surface area (TPSA) is 98.0 Å². The Hall–Kier alpha value is -2.34. The monoisotopic (exact) mass is 261 g/mol. The lowest BCUT2D eigenvalue weighted by molar-refractivity contribution is -0.131. The van der Waals surface area contributed by atoms with Gasteiger partial charge in [0.05, 0.1) is 11.0 Å². The minimum atomic E-state index is -0.941. The molecule has 0 fully saturated rings. The maximum atomic E-state index is 11.1. The van der Waals surface area contributed by atoms with Gasteiger partial charge in [-0.2, -0.15) is 0 Å². The van der Waals surface area contributed by atoms with Crippen LogP contribution < -0.4 is 11.0 Å². The van der Waals surface area contributed by atoms with Crippen LogP contribution in [-0.2, 0) is 11.2 Å². The van der Waals surface area contributed by atoms with Crippen LogP contribution in [0.25, 0.3) is 11.0 Å². The third-order valence-corrected chi connectivity index (χ3v) is 2.69. The Labute approximate surface area is 109 Å². The highest BCUT2D eigenvalue weighted by atomic mass is 16.4. The van der Waals surface area contributed by atoms with Crippen LogP contribution in [0.3, 0.4) is 0 Å². The van der Waals surface area contributed by atoms with Crippen molar-refractivity contribution in [3.63, 3.8) is 0 Å². The van der Waals surface area contributed by atoms with Gasteiger partial charge in [-0.05, 0) is 30.7 Å². The zero-order chi connectivity index (χ0) is 13.7. The van der Waals surface area contributed by atoms with Gasteiger partial charge in [-0.1, -0.05) is 12.1 Å². The Morgan fingerprint density at radius 3 is 2.89 bits per heavy atom. The van der Waals surface area contributed by atoms with Crippen LogP contribution in [0.15, 0.2) is 35.1 Å². The number of carboxylic acids is 1. The maximum absolute atomic E-state index is 11.1. The molecule has 0 saturated carbocycles. The number of fused-ring (bicyclic) bond motifs is 1. The van der Waals surface area contributed by atoms with E-state index < -0.39 is 5.97 Å². The van der Waals surface area contributed by atoms with Gasteiger partial charge in [-0.15, -0.1) is 0 Å². The van der Waals surface area contributed by atoms with Gasteiger partial charge >= 0.3 is 11.7 Å². The van der Waals surface area contributed by atoms with Gasteiger partial charge in [0.25, 0.3) is 0 Å². The zero-order valence-electron chi connectivity index (χ0n) is 10.3. The Balaban J connectivity index is 1.84. The van der Waals surface area contributed by atoms with Crippen LogP contribution in [0.1, 0.15) is 5.56 Å². The van der Waals surface area contributed by atoms with Crippen molar-refractivity contribution >= 4 is 17.0 Å². The lowest BCUT2D eigenvalue weighted by atomic mass is 10.1. The third-order valence-electron chi connectivity index (χ3n) is 2.69. The number of aromatic nitrogens is 2. The fraction of sp³-hybridized carbons (Fsp3) is 0.231. The van der Waals surface area contributed by atoms with Gasteiger partial charge in [0.15, 0.2) is 0 Å². The van der Waals surface area contributed by atoms with Crippen molar-refractivity contribution < 1.29 is 9.90 Å². The number of aromatic amines is 2. The highest BCUT2D eigenvalue weighted by Gasteiger charge is 1.99. The second kappa shape index (κ2) is 6.01. The van der Waals surface area contributed by atoms with Gasteiger partial charge in [0, 0.05) is 12.6 Å². The van der Waals surface area contributed by atoms with Crippen LogP contribution in [0.2, 0.25) is 0 Å². The number of aliphatic carboxylic acids is 1. The van der Waals surface area contributed by atoms with Crippen LogP contribution >= 0.6 is 0 Å². The number of hydrogen-bond donors (Lipinski definition) is 4. The number of carboxylic acid groups (broad SMARTS) is 1. The number of carbonyl (C=O) groups is 1. The fourth-order valence-electron chi connectivity index (χ4n) is 1.81. The molecule has 1 aromatic heterocycles. The molecule has 6 heteroatoms. The molecule has 19 heavy (non-hydrogen) atoms. The summed E-state index contributed by atoms with van der Waals surface area (Å²) in [4.78, 5) is 26.7. The predicted octanol–water partition coefficient (Wildman–Crippen LogP) is 0.629. The van der Waals surface area contributed by atoms with E-state index in [0.29, 0.717) is 6.54 Å². The van der Waals surface area contributed by atoms with Crippen LogP contribution in [-0.4, -0.2) is 34.1 Å². The molecule has 0 unspecified atom stereocenters. The molecule has 6 nitrogen and oxygen atoms in total. The first-order valence-corrected chi connectivity index (χ1v) is 5.96. The molecule has 4 N–H and O–H groups in total. The summed E-state index contributed by atoms with van der Waals surface area (Å²) in [7, 11) is 0. The van der Waals surface area contributed by atoms with Crippen molar-refractivity contribution in [2.75, 3.05) is 13.1 Å². The first-order chi connectivity index (χ1) is 9.15. The van der Waals surface area contributed by atoms with Gasteiger partial charge < -0.3 is 20.4 Å². The molecule has 0 spiro atoms. The van der Waals surface area contributed by atoms with E-state index in [1.807, 2.05) is 18.2 Å². The van der Waals surface area contributed by atoms with E-state index in [2.05, 4.69) is 15.3 Å². The second-order valence-electron chi connectivity index (χ2n) is 4.15. The molecule has 1 heterocycles. The van der Waals surface area contributed by atoms with Gasteiger partial charge in [0.1, 0.15) is 0 Å². The molecule has 2 aromatic rings. The summed E-state index contributed by atoms with van der Waals surface area (Å²) in [5.74, 6) is -0.941. The van der Waals surface area contributed by atoms with Crippen LogP contribution in [0, 0.1) is 0 Å². The van der Waals surface area contributed by atoms with Gasteiger partial charge in [-0.3, -0.25) is 0 Å². The van der Waals surface area contributed by atoms with Crippen molar-refractivity contribution in [1.82, 2.24) is 15.3 Å². The number of nitrogens with one attached hydrogen (secondary N) is 3. The van der Waals surface area contributed by atoms with Crippen molar-refractivity contribution in [2.24, 2.45) is 0 Å². The summed E-state index contributed by atoms with van der Waals surface area (Å²) >= 11 is 0. The molecule has 0 saturated heterocycles. The average molecular weight is 261 g/mol. The molecule has 0 aliphatic rings. The van der Waals surface area contributed by atoms with Crippen LogP contribution in [0.4, 0.5) is 0 Å². The number of H-pyrrole nitrogens is 2. The van der Waals surface area contributed by atoms with Crippen molar-refractivity contribution in [1.29, 1.82) is 0 Å². The van der Waals surface area contributed by atoms with E-state index in [0.717, 1.165) is 35.6 Å². The summed E-state index contributed by atoms with van der Waals surface area (Å²) < 4.78 is 0. The highest BCUT2D eigenvalue weighted by molar-refractivity contribution is 5.79. The Morgan fingerprint density at radius 1 is 1.32 bits per heavy atom. The van der Waals surface area contributed by atoms with E-state index in [9.17, 15) is 9.59 Å². The van der Waals surface area contributed by atoms with Crippen molar-refractivity contribution in [3.05, 3.63) is 46.4 Å². The summed E-state index contributed by atoms with van der Waals surface area (Å²) in [5.41, 5.74) is 2.50. The van der Waals surface area contributed by atoms with E-state index in [-0.39, 0.29) is 5.69 Å². The van der Waals surface area contributed by atoms with E-state index in [1.54, 1.807) is 6.08 Å². The smallest absolute Gasteiger partial charge is 0.328 e. The SMILES string of the molecule is O=C(O)/C=C/CNCCc1ccc2[nH]c(=O)[nH]c2c1. The van der Waals surface area contributed by atoms with Gasteiger partial charge in [-0.25, -0.2) is 9.59 Å². The average Bonchev–Trinajstić information content (AvgIpc) is 2.72. The molecular weight excluding hydrogens is 246 g/mol. The first kappa shape index (κ1) is 13.1. The maximum Gasteiger partial charge on any atom is 0.328 e. The summed E-state index contributed by atoms with van der Waals surface area (Å²) in [5, 5.41) is 11.5. The zero-order valence-corrected chi connectivity index (χ0v) is 10.3. The van der Waals surface area contributed by atoms with Crippen molar-refractivity contribution in [2.45, 2.75) is 6.42 Å². The molecule has 100 valence electrons. The first-order valence-electron chi connectivity index (χ1n) is 5.96. The second-order valence-corrected chi connectivity index (χ2v) is 4.15. The third kappa shape index (κ3) is 3.82. The largest absolute Gasteiger partial charge is 0.478 e. The van der Waals surface area contributed by atoms with E-state index >= 15 is 0 Å². The van der Waals surface area contributed by atoms with E-state index in [1.165, 1.54) is 0 Å². The molecule has 2 rings (SSSR count).